The number of nitrogens with one attached hydrogen (secondary N) is 1. The first-order valence-corrected chi connectivity index (χ1v) is 8.56. The number of hydrogen-bond acceptors (Lipinski definition) is 3. The van der Waals surface area contributed by atoms with Gasteiger partial charge in [0.15, 0.2) is 0 Å². The molecule has 1 aliphatic rings. The monoisotopic (exact) mass is 330 g/mol. The van der Waals surface area contributed by atoms with Gasteiger partial charge in [-0.15, -0.1) is 0 Å². The maximum absolute atomic E-state index is 12.1. The van der Waals surface area contributed by atoms with Crippen LogP contribution in [0.15, 0.2) is 17.0 Å². The molecule has 0 saturated heterocycles. The van der Waals surface area contributed by atoms with Gasteiger partial charge in [0.1, 0.15) is 0 Å². The average Bonchev–Trinajstić information content (AvgIpc) is 2.95. The summed E-state index contributed by atoms with van der Waals surface area (Å²) in [5.74, 6) is 0.115. The number of nitrogens with two attached hydrogens (primary N) is 1. The number of sulfonamides is 1. The van der Waals surface area contributed by atoms with Gasteiger partial charge in [0.25, 0.3) is 5.91 Å². The Bertz CT molecular complexity index is 698. The van der Waals surface area contributed by atoms with E-state index in [2.05, 4.69) is 19.2 Å². The summed E-state index contributed by atoms with van der Waals surface area (Å²) >= 11 is 5.99. The number of hydrogen-bond donors (Lipinski definition) is 2. The van der Waals surface area contributed by atoms with E-state index < -0.39 is 10.0 Å². The number of benzene rings is 1. The molecule has 0 radical (unpaired) electrons. The molecular formula is C14H19ClN2O3S. The fourth-order valence-corrected chi connectivity index (χ4v) is 3.43. The lowest BCUT2D eigenvalue weighted by atomic mass is 10.1. The first kappa shape index (κ1) is 16.3. The number of rotatable bonds is 4. The van der Waals surface area contributed by atoms with Crippen LogP contribution in [0.1, 0.15) is 36.2 Å². The minimum absolute atomic E-state index is 0.119. The Kier molecular flexibility index (Phi) is 4.08. The van der Waals surface area contributed by atoms with E-state index in [1.807, 2.05) is 0 Å². The van der Waals surface area contributed by atoms with Gasteiger partial charge < -0.3 is 5.32 Å². The molecule has 1 aromatic rings. The topological polar surface area (TPSA) is 89.3 Å². The van der Waals surface area contributed by atoms with Crippen LogP contribution in [-0.2, 0) is 10.0 Å². The van der Waals surface area contributed by atoms with Crippen molar-refractivity contribution in [2.45, 2.75) is 32.1 Å². The lowest BCUT2D eigenvalue weighted by Gasteiger charge is -2.10. The molecule has 1 aromatic carbocycles. The van der Waals surface area contributed by atoms with Gasteiger partial charge in [-0.25, -0.2) is 13.6 Å². The third-order valence-corrected chi connectivity index (χ3v) is 5.52. The molecular weight excluding hydrogens is 312 g/mol. The summed E-state index contributed by atoms with van der Waals surface area (Å²) in [5, 5.41) is 8.16. The first-order valence-electron chi connectivity index (χ1n) is 6.63. The van der Waals surface area contributed by atoms with Crippen LogP contribution in [0.3, 0.4) is 0 Å². The Morgan fingerprint density at radius 3 is 2.52 bits per heavy atom. The smallest absolute Gasteiger partial charge is 0.251 e. The van der Waals surface area contributed by atoms with Crippen molar-refractivity contribution < 1.29 is 13.2 Å². The largest absolute Gasteiger partial charge is 0.352 e. The lowest BCUT2D eigenvalue weighted by Crippen LogP contribution is -2.27. The van der Waals surface area contributed by atoms with Crippen LogP contribution in [-0.4, -0.2) is 20.9 Å². The molecule has 0 bridgehead atoms. The summed E-state index contributed by atoms with van der Waals surface area (Å²) in [5.41, 5.74) is 0.816. The van der Waals surface area contributed by atoms with Gasteiger partial charge in [-0.05, 0) is 42.4 Å². The second-order valence-corrected chi connectivity index (χ2v) is 8.16. The molecule has 0 aliphatic heterocycles. The summed E-state index contributed by atoms with van der Waals surface area (Å²) in [4.78, 5) is 12.0. The molecule has 0 aromatic heterocycles. The highest BCUT2D eigenvalue weighted by Crippen LogP contribution is 2.51. The Morgan fingerprint density at radius 2 is 2.05 bits per heavy atom. The van der Waals surface area contributed by atoms with E-state index in [9.17, 15) is 13.2 Å². The van der Waals surface area contributed by atoms with Gasteiger partial charge in [-0.1, -0.05) is 25.4 Å². The number of carbonyl (C=O) groups excluding carboxylic acids is 1. The number of primary sulfonamides is 1. The minimum Gasteiger partial charge on any atom is -0.352 e. The highest BCUT2D eigenvalue weighted by Gasteiger charge is 2.45. The molecule has 7 heteroatoms. The molecule has 1 atom stereocenters. The van der Waals surface area contributed by atoms with Crippen molar-refractivity contribution in [1.82, 2.24) is 5.32 Å². The number of halogens is 1. The van der Waals surface area contributed by atoms with E-state index in [1.165, 1.54) is 12.1 Å². The van der Waals surface area contributed by atoms with Gasteiger partial charge in [-0.3, -0.25) is 4.79 Å². The summed E-state index contributed by atoms with van der Waals surface area (Å²) in [6.45, 7) is 6.41. The molecule has 1 aliphatic carbocycles. The molecule has 1 amide bonds. The van der Waals surface area contributed by atoms with Crippen molar-refractivity contribution in [2.75, 3.05) is 6.54 Å². The molecule has 2 rings (SSSR count). The second-order valence-electron chi connectivity index (χ2n) is 6.23. The van der Waals surface area contributed by atoms with E-state index >= 15 is 0 Å². The van der Waals surface area contributed by atoms with Crippen LogP contribution in [0.2, 0.25) is 5.02 Å². The molecule has 1 unspecified atom stereocenters. The molecule has 21 heavy (non-hydrogen) atoms. The van der Waals surface area contributed by atoms with Crippen molar-refractivity contribution in [1.29, 1.82) is 0 Å². The van der Waals surface area contributed by atoms with Crippen LogP contribution in [0.5, 0.6) is 0 Å². The Morgan fingerprint density at radius 1 is 1.48 bits per heavy atom. The Balaban J connectivity index is 2.20. The van der Waals surface area contributed by atoms with Crippen molar-refractivity contribution in [3.63, 3.8) is 0 Å². The first-order chi connectivity index (χ1) is 9.52. The average molecular weight is 331 g/mol. The van der Waals surface area contributed by atoms with Gasteiger partial charge in [0.05, 0.1) is 4.90 Å². The molecule has 1 fully saturated rings. The zero-order valence-corrected chi connectivity index (χ0v) is 13.8. The Hall–Kier alpha value is -1.11. The van der Waals surface area contributed by atoms with Crippen molar-refractivity contribution in [2.24, 2.45) is 16.5 Å². The SMILES string of the molecule is Cc1c(Cl)cc(C(=O)NCC2CC2(C)C)cc1S(N)(=O)=O. The fraction of sp³-hybridized carbons (Fsp3) is 0.500. The van der Waals surface area contributed by atoms with E-state index in [1.54, 1.807) is 6.92 Å². The van der Waals surface area contributed by atoms with Gasteiger partial charge in [0, 0.05) is 17.1 Å². The van der Waals surface area contributed by atoms with Gasteiger partial charge in [0.2, 0.25) is 10.0 Å². The summed E-state index contributed by atoms with van der Waals surface area (Å²) in [6.07, 6.45) is 1.07. The standard InChI is InChI=1S/C14H19ClN2O3S/c1-8-11(15)4-9(5-12(8)21(16,19)20)13(18)17-7-10-6-14(10,2)3/h4-5,10H,6-7H2,1-3H3,(H,17,18)(H2,16,19,20). The Labute approximate surface area is 129 Å². The predicted octanol–water partition coefficient (Wildman–Crippen LogP) is 2.07. The molecule has 0 heterocycles. The normalized spacial score (nSPS) is 20.1. The molecule has 5 nitrogen and oxygen atoms in total. The van der Waals surface area contributed by atoms with E-state index in [0.717, 1.165) is 6.42 Å². The van der Waals surface area contributed by atoms with Crippen LogP contribution >= 0.6 is 11.6 Å². The highest BCUT2D eigenvalue weighted by atomic mass is 35.5. The fourth-order valence-electron chi connectivity index (χ4n) is 2.32. The van der Waals surface area contributed by atoms with Crippen LogP contribution in [0, 0.1) is 18.3 Å². The van der Waals surface area contributed by atoms with Gasteiger partial charge in [-0.2, -0.15) is 0 Å². The van der Waals surface area contributed by atoms with Crippen molar-refractivity contribution in [3.8, 4) is 0 Å². The van der Waals surface area contributed by atoms with Crippen LogP contribution in [0.25, 0.3) is 0 Å². The predicted molar refractivity (Wildman–Crippen MR) is 81.8 cm³/mol. The minimum atomic E-state index is -3.91. The second kappa shape index (κ2) is 5.26. The molecule has 1 saturated carbocycles. The van der Waals surface area contributed by atoms with Crippen LogP contribution in [0.4, 0.5) is 0 Å². The zero-order valence-electron chi connectivity index (χ0n) is 12.2. The van der Waals surface area contributed by atoms with Crippen LogP contribution < -0.4 is 10.5 Å². The van der Waals surface area contributed by atoms with Crippen molar-refractivity contribution >= 4 is 27.5 Å². The van der Waals surface area contributed by atoms with Gasteiger partial charge >= 0.3 is 0 Å². The van der Waals surface area contributed by atoms with E-state index in [0.29, 0.717) is 18.0 Å². The molecule has 0 spiro atoms. The quantitative estimate of drug-likeness (QED) is 0.885. The maximum Gasteiger partial charge on any atom is 0.251 e. The van der Waals surface area contributed by atoms with E-state index in [4.69, 9.17) is 16.7 Å². The summed E-state index contributed by atoms with van der Waals surface area (Å²) in [7, 11) is -3.91. The maximum atomic E-state index is 12.1. The van der Waals surface area contributed by atoms with E-state index in [-0.39, 0.29) is 26.8 Å². The third kappa shape index (κ3) is 3.56. The van der Waals surface area contributed by atoms with Crippen molar-refractivity contribution in [3.05, 3.63) is 28.3 Å². The third-order valence-electron chi connectivity index (χ3n) is 4.09. The molecule has 116 valence electrons. The zero-order chi connectivity index (χ0) is 16.0. The number of carbonyl (C=O) groups is 1. The summed E-state index contributed by atoms with van der Waals surface area (Å²) in [6, 6.07) is 2.73. The lowest BCUT2D eigenvalue weighted by molar-refractivity contribution is 0.0950. The molecule has 3 N–H and O–H groups in total. The highest BCUT2D eigenvalue weighted by molar-refractivity contribution is 7.89. The number of amides is 1. The summed E-state index contributed by atoms with van der Waals surface area (Å²) < 4.78 is 23.1.